The third-order valence-electron chi connectivity index (χ3n) is 3.91. The smallest absolute Gasteiger partial charge is 0.313 e. The number of allylic oxidation sites excluding steroid dienone is 1. The number of benzene rings is 1. The molecule has 0 amide bonds. The molecule has 6 heteroatoms. The summed E-state index contributed by atoms with van der Waals surface area (Å²) in [6.07, 6.45) is 3.72. The average molecular weight is 341 g/mol. The first-order valence-electron chi connectivity index (χ1n) is 7.51. The van der Waals surface area contributed by atoms with Crippen LogP contribution in [0.15, 0.2) is 30.9 Å². The summed E-state index contributed by atoms with van der Waals surface area (Å²) in [5, 5.41) is 3.37. The van der Waals surface area contributed by atoms with Gasteiger partial charge in [0, 0.05) is 6.04 Å². The van der Waals surface area contributed by atoms with E-state index in [0.717, 1.165) is 18.4 Å². The van der Waals surface area contributed by atoms with Gasteiger partial charge in [-0.1, -0.05) is 32.4 Å². The lowest BCUT2D eigenvalue weighted by molar-refractivity contribution is 0.294. The van der Waals surface area contributed by atoms with E-state index in [9.17, 15) is 0 Å². The highest BCUT2D eigenvalue weighted by molar-refractivity contribution is 8.09. The number of ether oxygens (including phenoxy) is 1. The normalized spacial score (nSPS) is 25.7. The van der Waals surface area contributed by atoms with Gasteiger partial charge in [0.05, 0.1) is 13.7 Å². The maximum absolute atomic E-state index is 5.98. The van der Waals surface area contributed by atoms with Crippen molar-refractivity contribution in [1.82, 2.24) is 5.09 Å². The van der Waals surface area contributed by atoms with Crippen LogP contribution in [0.2, 0.25) is 0 Å². The van der Waals surface area contributed by atoms with E-state index in [2.05, 4.69) is 25.5 Å². The molecule has 0 bridgehead atoms. The Morgan fingerprint density at radius 1 is 1.55 bits per heavy atom. The van der Waals surface area contributed by atoms with Gasteiger partial charge in [0.2, 0.25) is 0 Å². The van der Waals surface area contributed by atoms with Gasteiger partial charge in [-0.2, -0.15) is 0 Å². The van der Waals surface area contributed by atoms with Gasteiger partial charge in [-0.25, -0.2) is 5.09 Å². The summed E-state index contributed by atoms with van der Waals surface area (Å²) in [6.45, 7) is 6.20. The Bertz CT molecular complexity index is 579. The van der Waals surface area contributed by atoms with Crippen LogP contribution in [0.1, 0.15) is 25.8 Å². The third-order valence-corrected chi connectivity index (χ3v) is 6.34. The van der Waals surface area contributed by atoms with Crippen molar-refractivity contribution in [2.45, 2.75) is 32.7 Å². The van der Waals surface area contributed by atoms with Crippen LogP contribution in [0.5, 0.6) is 11.5 Å². The van der Waals surface area contributed by atoms with Gasteiger partial charge in [0.1, 0.15) is 0 Å². The molecule has 22 heavy (non-hydrogen) atoms. The number of hydrogen-bond donors (Lipinski definition) is 1. The van der Waals surface area contributed by atoms with E-state index in [1.807, 2.05) is 24.3 Å². The number of methoxy groups -OCH3 is 1. The molecule has 2 rings (SSSR count). The summed E-state index contributed by atoms with van der Waals surface area (Å²) in [4.78, 5) is 0. The molecule has 1 saturated heterocycles. The Balaban J connectivity index is 2.13. The minimum atomic E-state index is -2.50. The van der Waals surface area contributed by atoms with Crippen LogP contribution in [0.3, 0.4) is 0 Å². The van der Waals surface area contributed by atoms with Crippen molar-refractivity contribution in [2.24, 2.45) is 5.92 Å². The van der Waals surface area contributed by atoms with Gasteiger partial charge in [-0.3, -0.25) is 0 Å². The minimum Gasteiger partial charge on any atom is -0.493 e. The predicted molar refractivity (Wildman–Crippen MR) is 94.1 cm³/mol. The zero-order valence-corrected chi connectivity index (χ0v) is 15.1. The van der Waals surface area contributed by atoms with Crippen molar-refractivity contribution in [3.05, 3.63) is 36.4 Å². The van der Waals surface area contributed by atoms with Crippen molar-refractivity contribution in [3.8, 4) is 11.5 Å². The molecule has 0 aromatic heterocycles. The third kappa shape index (κ3) is 4.11. The van der Waals surface area contributed by atoms with Gasteiger partial charge in [0.15, 0.2) is 11.5 Å². The monoisotopic (exact) mass is 341 g/mol. The molecule has 1 aliphatic heterocycles. The summed E-state index contributed by atoms with van der Waals surface area (Å²) >= 11 is 5.57. The first-order valence-corrected chi connectivity index (χ1v) is 10.1. The predicted octanol–water partition coefficient (Wildman–Crippen LogP) is 4.06. The van der Waals surface area contributed by atoms with E-state index >= 15 is 0 Å². The molecule has 122 valence electrons. The Labute approximate surface area is 138 Å². The summed E-state index contributed by atoms with van der Waals surface area (Å²) in [5.41, 5.74) is 1.12. The van der Waals surface area contributed by atoms with Crippen molar-refractivity contribution in [2.75, 3.05) is 13.7 Å². The maximum Gasteiger partial charge on any atom is 0.313 e. The molecule has 1 N–H and O–H groups in total. The Morgan fingerprint density at radius 3 is 2.95 bits per heavy atom. The van der Waals surface area contributed by atoms with Gasteiger partial charge >= 0.3 is 6.64 Å². The van der Waals surface area contributed by atoms with E-state index < -0.39 is 6.64 Å². The van der Waals surface area contributed by atoms with Crippen molar-refractivity contribution in [3.63, 3.8) is 0 Å². The van der Waals surface area contributed by atoms with Gasteiger partial charge in [0.25, 0.3) is 0 Å². The molecule has 1 aliphatic rings. The average Bonchev–Trinajstić information content (AvgIpc) is 2.90. The first-order chi connectivity index (χ1) is 10.5. The number of nitrogens with one attached hydrogen (secondary N) is 1. The van der Waals surface area contributed by atoms with Crippen molar-refractivity contribution in [1.29, 1.82) is 0 Å². The van der Waals surface area contributed by atoms with Crippen LogP contribution in [0.25, 0.3) is 0 Å². The fourth-order valence-electron chi connectivity index (χ4n) is 2.30. The molecule has 1 unspecified atom stereocenters. The fourth-order valence-corrected chi connectivity index (χ4v) is 4.81. The summed E-state index contributed by atoms with van der Waals surface area (Å²) in [7, 11) is 1.62. The molecule has 0 spiro atoms. The second-order valence-corrected chi connectivity index (χ2v) is 8.62. The standard InChI is InChI=1S/C16H24NO3PS/c1-5-7-13-8-9-15(16(10-13)18-4)20-21(22)17-14(11-19-21)12(3)6-2/h5,8-10,12,14H,1,6-7,11H2,2-4H3,(H,17,22)/t12-,14+,21?/m0/s1. The summed E-state index contributed by atoms with van der Waals surface area (Å²) < 4.78 is 17.2. The molecule has 0 aliphatic carbocycles. The first kappa shape index (κ1) is 17.5. The quantitative estimate of drug-likeness (QED) is 0.598. The van der Waals surface area contributed by atoms with Crippen LogP contribution in [0.4, 0.5) is 0 Å². The summed E-state index contributed by atoms with van der Waals surface area (Å²) in [6, 6.07) is 6.07. The highest BCUT2D eigenvalue weighted by atomic mass is 32.5. The molecule has 4 nitrogen and oxygen atoms in total. The maximum atomic E-state index is 5.98. The SMILES string of the molecule is C=CCc1ccc(OP2(=S)N[C@@H]([C@@H](C)CC)CO2)c(OC)c1. The second kappa shape index (κ2) is 7.60. The van der Waals surface area contributed by atoms with Crippen LogP contribution in [-0.4, -0.2) is 19.8 Å². The van der Waals surface area contributed by atoms with E-state index in [1.165, 1.54) is 0 Å². The van der Waals surface area contributed by atoms with Crippen LogP contribution in [0, 0.1) is 5.92 Å². The highest BCUT2D eigenvalue weighted by Gasteiger charge is 2.36. The van der Waals surface area contributed by atoms with E-state index in [4.69, 9.17) is 25.6 Å². The van der Waals surface area contributed by atoms with Crippen LogP contribution in [-0.2, 0) is 22.8 Å². The van der Waals surface area contributed by atoms with Crippen molar-refractivity contribution < 1.29 is 13.8 Å². The molecule has 1 heterocycles. The molecular weight excluding hydrogens is 317 g/mol. The molecule has 1 aromatic carbocycles. The van der Waals surface area contributed by atoms with Gasteiger partial charge in [-0.05, 0) is 41.8 Å². The molecule has 3 atom stereocenters. The molecule has 0 saturated carbocycles. The molecular formula is C16H24NO3PS. The van der Waals surface area contributed by atoms with Gasteiger partial charge in [-0.15, -0.1) is 6.58 Å². The topological polar surface area (TPSA) is 39.7 Å². The van der Waals surface area contributed by atoms with Crippen LogP contribution >= 0.6 is 6.64 Å². The fraction of sp³-hybridized carbons (Fsp3) is 0.500. The lowest BCUT2D eigenvalue weighted by Gasteiger charge is -2.21. The molecule has 0 radical (unpaired) electrons. The lowest BCUT2D eigenvalue weighted by Crippen LogP contribution is -2.29. The number of rotatable bonds is 7. The zero-order valence-electron chi connectivity index (χ0n) is 13.4. The van der Waals surface area contributed by atoms with E-state index in [1.54, 1.807) is 7.11 Å². The van der Waals surface area contributed by atoms with Crippen LogP contribution < -0.4 is 14.3 Å². The van der Waals surface area contributed by atoms with Crippen molar-refractivity contribution >= 4 is 18.4 Å². The number of hydrogen-bond acceptors (Lipinski definition) is 4. The van der Waals surface area contributed by atoms with Gasteiger partial charge < -0.3 is 13.8 Å². The molecule has 1 fully saturated rings. The van der Waals surface area contributed by atoms with E-state index in [-0.39, 0.29) is 6.04 Å². The Hall–Kier alpha value is -0.870. The Morgan fingerprint density at radius 2 is 2.32 bits per heavy atom. The second-order valence-electron chi connectivity index (χ2n) is 5.48. The minimum absolute atomic E-state index is 0.252. The lowest BCUT2D eigenvalue weighted by atomic mass is 10.0. The zero-order chi connectivity index (χ0) is 16.2. The highest BCUT2D eigenvalue weighted by Crippen LogP contribution is 2.51. The molecule has 1 aromatic rings. The largest absolute Gasteiger partial charge is 0.493 e. The van der Waals surface area contributed by atoms with E-state index in [0.29, 0.717) is 24.0 Å². The summed E-state index contributed by atoms with van der Waals surface area (Å²) in [5.74, 6) is 1.79. The Kier molecular flexibility index (Phi) is 6.04.